The summed E-state index contributed by atoms with van der Waals surface area (Å²) in [4.78, 5) is 24.9. The molecule has 0 heterocycles. The fourth-order valence-electron chi connectivity index (χ4n) is 2.07. The van der Waals surface area contributed by atoms with E-state index in [9.17, 15) is 14.0 Å². The smallest absolute Gasteiger partial charge is 0.264 e. The van der Waals surface area contributed by atoms with Gasteiger partial charge in [-0.25, -0.2) is 4.39 Å². The number of amides is 2. The number of anilines is 1. The number of hydrogen-bond acceptors (Lipinski definition) is 3. The number of carbonyl (C=O) groups is 2. The van der Waals surface area contributed by atoms with E-state index < -0.39 is 17.6 Å². The molecule has 0 bridgehead atoms. The highest BCUT2D eigenvalue weighted by molar-refractivity contribution is 6.43. The van der Waals surface area contributed by atoms with Crippen molar-refractivity contribution in [3.05, 3.63) is 57.3 Å². The lowest BCUT2D eigenvalue weighted by Gasteiger charge is -2.22. The molecule has 2 aromatic rings. The van der Waals surface area contributed by atoms with Crippen LogP contribution < -0.4 is 15.4 Å². The van der Waals surface area contributed by atoms with Gasteiger partial charge in [-0.1, -0.05) is 34.8 Å². The van der Waals surface area contributed by atoms with E-state index in [1.54, 1.807) is 0 Å². The number of hydrogen-bond donors (Lipinski definition) is 1. The summed E-state index contributed by atoms with van der Waals surface area (Å²) in [5.74, 6) is -1.31. The largest absolute Gasteiger partial charge is 0.482 e. The maximum atomic E-state index is 13.1. The van der Waals surface area contributed by atoms with Gasteiger partial charge in [0.15, 0.2) is 6.61 Å². The summed E-state index contributed by atoms with van der Waals surface area (Å²) >= 11 is 17.8. The maximum Gasteiger partial charge on any atom is 0.264 e. The Morgan fingerprint density at radius 1 is 1.04 bits per heavy atom. The summed E-state index contributed by atoms with van der Waals surface area (Å²) < 4.78 is 18.5. The zero-order chi connectivity index (χ0) is 19.3. The Morgan fingerprint density at radius 3 is 2.27 bits per heavy atom. The highest BCUT2D eigenvalue weighted by Gasteiger charge is 2.18. The topological polar surface area (TPSA) is 72.6 Å². The summed E-state index contributed by atoms with van der Waals surface area (Å²) in [5.41, 5.74) is 5.55. The number of ether oxygens (including phenoxy) is 1. The van der Waals surface area contributed by atoms with Crippen LogP contribution in [0.1, 0.15) is 6.42 Å². The second-order valence-electron chi connectivity index (χ2n) is 5.22. The number of carbonyl (C=O) groups excluding carboxylic acids is 2. The first-order valence-electron chi connectivity index (χ1n) is 7.39. The van der Waals surface area contributed by atoms with Crippen LogP contribution in [0.5, 0.6) is 5.75 Å². The molecule has 2 aromatic carbocycles. The molecule has 0 atom stereocenters. The van der Waals surface area contributed by atoms with E-state index in [1.165, 1.54) is 41.3 Å². The number of benzene rings is 2. The minimum atomic E-state index is -0.571. The van der Waals surface area contributed by atoms with Crippen molar-refractivity contribution in [2.45, 2.75) is 6.42 Å². The lowest BCUT2D eigenvalue weighted by molar-refractivity contribution is -0.120. The lowest BCUT2D eigenvalue weighted by atomic mass is 10.2. The van der Waals surface area contributed by atoms with Crippen LogP contribution in [0.2, 0.25) is 15.1 Å². The van der Waals surface area contributed by atoms with Gasteiger partial charge in [-0.05, 0) is 30.3 Å². The molecule has 0 aliphatic rings. The van der Waals surface area contributed by atoms with Gasteiger partial charge in [0.25, 0.3) is 5.91 Å². The van der Waals surface area contributed by atoms with Crippen LogP contribution in [0, 0.1) is 5.82 Å². The molecule has 0 fully saturated rings. The van der Waals surface area contributed by atoms with Crippen LogP contribution in [-0.4, -0.2) is 25.0 Å². The van der Waals surface area contributed by atoms with Crippen LogP contribution in [0.4, 0.5) is 10.1 Å². The molecule has 5 nitrogen and oxygen atoms in total. The molecular weight excluding hydrogens is 406 g/mol. The fourth-order valence-corrected chi connectivity index (χ4v) is 2.66. The first-order valence-corrected chi connectivity index (χ1v) is 8.53. The van der Waals surface area contributed by atoms with E-state index in [-0.39, 0.29) is 40.4 Å². The molecule has 0 radical (unpaired) electrons. The van der Waals surface area contributed by atoms with Crippen molar-refractivity contribution >= 4 is 52.3 Å². The molecule has 0 unspecified atom stereocenters. The van der Waals surface area contributed by atoms with Gasteiger partial charge in [-0.15, -0.1) is 0 Å². The number of primary amides is 1. The van der Waals surface area contributed by atoms with Crippen molar-refractivity contribution in [2.24, 2.45) is 5.73 Å². The molecule has 138 valence electrons. The summed E-state index contributed by atoms with van der Waals surface area (Å²) in [6, 6.07) is 8.04. The summed E-state index contributed by atoms with van der Waals surface area (Å²) in [6.45, 7) is -0.355. The third kappa shape index (κ3) is 5.49. The molecular formula is C17H14Cl3FN2O3. The molecule has 26 heavy (non-hydrogen) atoms. The first-order chi connectivity index (χ1) is 12.3. The SMILES string of the molecule is NC(=O)CCN(C(=O)COc1cc(Cl)c(Cl)cc1Cl)c1ccc(F)cc1. The highest BCUT2D eigenvalue weighted by Crippen LogP contribution is 2.33. The predicted molar refractivity (Wildman–Crippen MR) is 99.5 cm³/mol. The van der Waals surface area contributed by atoms with Crippen LogP contribution in [0.3, 0.4) is 0 Å². The first kappa shape index (κ1) is 20.3. The normalized spacial score (nSPS) is 10.5. The van der Waals surface area contributed by atoms with Crippen LogP contribution in [0.15, 0.2) is 36.4 Å². The number of rotatable bonds is 7. The Labute approximate surface area is 164 Å². The van der Waals surface area contributed by atoms with Crippen LogP contribution in [-0.2, 0) is 9.59 Å². The zero-order valence-electron chi connectivity index (χ0n) is 13.3. The molecule has 0 aliphatic carbocycles. The predicted octanol–water partition coefficient (Wildman–Crippen LogP) is 4.07. The van der Waals surface area contributed by atoms with Crippen LogP contribution in [0.25, 0.3) is 0 Å². The Bertz CT molecular complexity index is 816. The van der Waals surface area contributed by atoms with Crippen molar-refractivity contribution in [3.63, 3.8) is 0 Å². The van der Waals surface area contributed by atoms with E-state index in [0.717, 1.165) is 0 Å². The minimum Gasteiger partial charge on any atom is -0.482 e. The zero-order valence-corrected chi connectivity index (χ0v) is 15.6. The van der Waals surface area contributed by atoms with E-state index in [4.69, 9.17) is 45.3 Å². The number of nitrogens with two attached hydrogens (primary N) is 1. The van der Waals surface area contributed by atoms with Gasteiger partial charge in [-0.2, -0.15) is 0 Å². The van der Waals surface area contributed by atoms with Gasteiger partial charge in [0.1, 0.15) is 11.6 Å². The van der Waals surface area contributed by atoms with Gasteiger partial charge < -0.3 is 15.4 Å². The average Bonchev–Trinajstić information content (AvgIpc) is 2.58. The average molecular weight is 420 g/mol. The molecule has 0 aromatic heterocycles. The third-order valence-corrected chi connectivity index (χ3v) is 4.36. The van der Waals surface area contributed by atoms with E-state index in [1.807, 2.05) is 0 Å². The quantitative estimate of drug-likeness (QED) is 0.688. The fraction of sp³-hybridized carbons (Fsp3) is 0.176. The van der Waals surface area contributed by atoms with Crippen molar-refractivity contribution in [1.82, 2.24) is 0 Å². The van der Waals surface area contributed by atoms with Crippen molar-refractivity contribution < 1.29 is 18.7 Å². The van der Waals surface area contributed by atoms with Crippen molar-refractivity contribution in [3.8, 4) is 5.75 Å². The number of nitrogens with zero attached hydrogens (tertiary/aromatic N) is 1. The highest BCUT2D eigenvalue weighted by atomic mass is 35.5. The molecule has 2 amide bonds. The molecule has 9 heteroatoms. The second kappa shape index (κ2) is 9.07. The van der Waals surface area contributed by atoms with Crippen molar-refractivity contribution in [1.29, 1.82) is 0 Å². The Hall–Kier alpha value is -2.02. The number of halogens is 4. The van der Waals surface area contributed by atoms with Crippen molar-refractivity contribution in [2.75, 3.05) is 18.1 Å². The van der Waals surface area contributed by atoms with E-state index in [2.05, 4.69) is 0 Å². The molecule has 0 saturated heterocycles. The maximum absolute atomic E-state index is 13.1. The molecule has 0 aliphatic heterocycles. The Morgan fingerprint density at radius 2 is 1.65 bits per heavy atom. The van der Waals surface area contributed by atoms with Gasteiger partial charge in [0.2, 0.25) is 5.91 Å². The lowest BCUT2D eigenvalue weighted by Crippen LogP contribution is -2.37. The van der Waals surface area contributed by atoms with Gasteiger partial charge in [0.05, 0.1) is 15.1 Å². The van der Waals surface area contributed by atoms with Gasteiger partial charge in [0, 0.05) is 24.7 Å². The molecule has 2 rings (SSSR count). The third-order valence-electron chi connectivity index (χ3n) is 3.35. The minimum absolute atomic E-state index is 0.0261. The van der Waals surface area contributed by atoms with Gasteiger partial charge >= 0.3 is 0 Å². The second-order valence-corrected chi connectivity index (χ2v) is 6.45. The van der Waals surface area contributed by atoms with Gasteiger partial charge in [-0.3, -0.25) is 9.59 Å². The summed E-state index contributed by atoms with van der Waals surface area (Å²) in [6.07, 6.45) is -0.0589. The molecule has 0 spiro atoms. The Kier molecular flexibility index (Phi) is 7.08. The molecule has 0 saturated carbocycles. The van der Waals surface area contributed by atoms with E-state index in [0.29, 0.717) is 5.69 Å². The van der Waals surface area contributed by atoms with E-state index >= 15 is 0 Å². The van der Waals surface area contributed by atoms with Crippen LogP contribution >= 0.6 is 34.8 Å². The summed E-state index contributed by atoms with van der Waals surface area (Å²) in [5, 5.41) is 0.671. The Balaban J connectivity index is 2.14. The standard InChI is InChI=1S/C17H14Cl3FN2O3/c18-12-7-14(20)15(8-13(12)19)26-9-17(25)23(6-5-16(22)24)11-3-1-10(21)2-4-11/h1-4,7-8H,5-6,9H2,(H2,22,24). The summed E-state index contributed by atoms with van der Waals surface area (Å²) in [7, 11) is 0. The monoisotopic (exact) mass is 418 g/mol. The molecule has 2 N–H and O–H groups in total.